The molecule has 0 fully saturated rings. The van der Waals surface area contributed by atoms with Gasteiger partial charge in [0.2, 0.25) is 0 Å². The molecule has 4 nitrogen and oxygen atoms in total. The minimum Gasteiger partial charge on any atom is -0.467 e. The van der Waals surface area contributed by atoms with E-state index in [0.717, 1.165) is 11.1 Å². The molecule has 1 heterocycles. The number of methoxy groups -OCH3 is 1. The molecule has 1 aromatic carbocycles. The van der Waals surface area contributed by atoms with Gasteiger partial charge < -0.3 is 9.47 Å². The Morgan fingerprint density at radius 2 is 2.25 bits per heavy atom. The minimum atomic E-state index is -0.871. The first-order chi connectivity index (χ1) is 7.74. The van der Waals surface area contributed by atoms with Gasteiger partial charge in [0, 0.05) is 0 Å². The van der Waals surface area contributed by atoms with Crippen LogP contribution in [0.15, 0.2) is 24.3 Å². The number of ether oxygens (including phenoxy) is 2. The van der Waals surface area contributed by atoms with Gasteiger partial charge in [-0.15, -0.1) is 0 Å². The van der Waals surface area contributed by atoms with Crippen molar-refractivity contribution in [2.45, 2.75) is 12.1 Å². The maximum Gasteiger partial charge on any atom is 0.333 e. The maximum atomic E-state index is 11.9. The minimum absolute atomic E-state index is 0.299. The monoisotopic (exact) mass is 221 g/mol. The van der Waals surface area contributed by atoms with Gasteiger partial charge >= 0.3 is 5.97 Å². The Labute approximate surface area is 94.6 Å². The van der Waals surface area contributed by atoms with Crippen LogP contribution in [0.1, 0.15) is 11.1 Å². The Morgan fingerprint density at radius 3 is 2.94 bits per heavy atom. The highest BCUT2D eigenvalue weighted by Gasteiger charge is 2.44. The summed E-state index contributed by atoms with van der Waals surface area (Å²) in [5, 5.41) is 3.02. The molecule has 16 heavy (non-hydrogen) atoms. The molecular weight excluding hydrogens is 206 g/mol. The lowest BCUT2D eigenvalue weighted by Gasteiger charge is -2.35. The number of hydrogen-bond donors (Lipinski definition) is 1. The summed E-state index contributed by atoms with van der Waals surface area (Å²) < 4.78 is 10.3. The molecule has 0 saturated heterocycles. The molecule has 0 amide bonds. The fraction of sp³-hybridized carbons (Fsp3) is 0.417. The summed E-state index contributed by atoms with van der Waals surface area (Å²) in [6.07, 6.45) is 0. The van der Waals surface area contributed by atoms with Crippen LogP contribution < -0.4 is 5.32 Å². The van der Waals surface area contributed by atoms with Crippen molar-refractivity contribution in [3.05, 3.63) is 35.4 Å². The number of likely N-dealkylation sites (N-methyl/N-ethyl adjacent to an activating group) is 1. The summed E-state index contributed by atoms with van der Waals surface area (Å²) in [5.74, 6) is -0.317. The third kappa shape index (κ3) is 1.50. The molecule has 0 saturated carbocycles. The highest BCUT2D eigenvalue weighted by atomic mass is 16.5. The van der Waals surface area contributed by atoms with E-state index >= 15 is 0 Å². The Hall–Kier alpha value is -1.39. The first-order valence-corrected chi connectivity index (χ1v) is 5.18. The largest absolute Gasteiger partial charge is 0.467 e. The van der Waals surface area contributed by atoms with Gasteiger partial charge in [-0.25, -0.2) is 4.79 Å². The molecule has 4 heteroatoms. The van der Waals surface area contributed by atoms with E-state index in [0.29, 0.717) is 13.2 Å². The van der Waals surface area contributed by atoms with Crippen molar-refractivity contribution in [2.24, 2.45) is 0 Å². The number of benzene rings is 1. The molecule has 1 N–H and O–H groups in total. The van der Waals surface area contributed by atoms with Crippen LogP contribution >= 0.6 is 0 Å². The number of esters is 1. The van der Waals surface area contributed by atoms with Crippen LogP contribution in [0.2, 0.25) is 0 Å². The molecule has 1 aliphatic heterocycles. The fourth-order valence-electron chi connectivity index (χ4n) is 2.11. The lowest BCUT2D eigenvalue weighted by molar-refractivity contribution is -0.153. The van der Waals surface area contributed by atoms with E-state index in [2.05, 4.69) is 5.32 Å². The van der Waals surface area contributed by atoms with Crippen LogP contribution in [0.3, 0.4) is 0 Å². The van der Waals surface area contributed by atoms with E-state index in [1.165, 1.54) is 7.11 Å². The quantitative estimate of drug-likeness (QED) is 0.751. The van der Waals surface area contributed by atoms with E-state index in [1.807, 2.05) is 24.3 Å². The van der Waals surface area contributed by atoms with Crippen LogP contribution in [-0.2, 0) is 26.4 Å². The van der Waals surface area contributed by atoms with Crippen molar-refractivity contribution in [1.29, 1.82) is 0 Å². The summed E-state index contributed by atoms with van der Waals surface area (Å²) in [6.45, 7) is 0.837. The first-order valence-electron chi connectivity index (χ1n) is 5.18. The molecule has 1 aromatic rings. The van der Waals surface area contributed by atoms with Gasteiger partial charge in [-0.2, -0.15) is 0 Å². The van der Waals surface area contributed by atoms with Crippen molar-refractivity contribution in [1.82, 2.24) is 5.32 Å². The SMILES string of the molecule is CNC1(C(=O)OC)COCc2ccccc21. The number of carbonyl (C=O) groups excluding carboxylic acids is 1. The van der Waals surface area contributed by atoms with Gasteiger partial charge in [0.1, 0.15) is 0 Å². The Morgan fingerprint density at radius 1 is 1.50 bits per heavy atom. The van der Waals surface area contributed by atoms with Crippen LogP contribution in [0.5, 0.6) is 0 Å². The Balaban J connectivity index is 2.53. The zero-order valence-electron chi connectivity index (χ0n) is 9.45. The van der Waals surface area contributed by atoms with Crippen LogP contribution in [0.25, 0.3) is 0 Å². The molecule has 1 aliphatic rings. The third-order valence-corrected chi connectivity index (χ3v) is 3.01. The topological polar surface area (TPSA) is 47.6 Å². The Kier molecular flexibility index (Phi) is 2.94. The van der Waals surface area contributed by atoms with Gasteiger partial charge in [0.25, 0.3) is 0 Å². The van der Waals surface area contributed by atoms with Crippen molar-refractivity contribution < 1.29 is 14.3 Å². The average Bonchev–Trinajstić information content (AvgIpc) is 2.37. The van der Waals surface area contributed by atoms with E-state index in [4.69, 9.17) is 9.47 Å². The number of fused-ring (bicyclic) bond motifs is 1. The molecule has 1 unspecified atom stereocenters. The summed E-state index contributed by atoms with van der Waals surface area (Å²) in [4.78, 5) is 11.9. The van der Waals surface area contributed by atoms with Crippen molar-refractivity contribution in [3.63, 3.8) is 0 Å². The van der Waals surface area contributed by atoms with Crippen LogP contribution in [0, 0.1) is 0 Å². The average molecular weight is 221 g/mol. The summed E-state index contributed by atoms with van der Waals surface area (Å²) in [6, 6.07) is 7.75. The molecule has 0 aromatic heterocycles. The Bertz CT molecular complexity index is 405. The first kappa shape index (κ1) is 11.1. The molecule has 0 radical (unpaired) electrons. The summed E-state index contributed by atoms with van der Waals surface area (Å²) in [7, 11) is 3.13. The van der Waals surface area contributed by atoms with Crippen molar-refractivity contribution in [3.8, 4) is 0 Å². The highest BCUT2D eigenvalue weighted by molar-refractivity contribution is 5.83. The normalized spacial score (nSPS) is 23.6. The van der Waals surface area contributed by atoms with Crippen molar-refractivity contribution >= 4 is 5.97 Å². The van der Waals surface area contributed by atoms with E-state index < -0.39 is 5.54 Å². The zero-order chi connectivity index (χ0) is 11.6. The van der Waals surface area contributed by atoms with E-state index in [1.54, 1.807) is 7.05 Å². The molecule has 86 valence electrons. The predicted octanol–water partition coefficient (Wildman–Crippen LogP) is 0.804. The number of nitrogens with one attached hydrogen (secondary N) is 1. The van der Waals surface area contributed by atoms with E-state index in [-0.39, 0.29) is 5.97 Å². The zero-order valence-corrected chi connectivity index (χ0v) is 9.45. The number of carbonyl (C=O) groups is 1. The van der Waals surface area contributed by atoms with Gasteiger partial charge in [-0.1, -0.05) is 24.3 Å². The lowest BCUT2D eigenvalue weighted by atomic mass is 9.85. The smallest absolute Gasteiger partial charge is 0.333 e. The summed E-state index contributed by atoms with van der Waals surface area (Å²) >= 11 is 0. The van der Waals surface area contributed by atoms with Crippen LogP contribution in [0.4, 0.5) is 0 Å². The second kappa shape index (κ2) is 4.23. The number of rotatable bonds is 2. The standard InChI is InChI=1S/C12H15NO3/c1-13-12(11(14)15-2)8-16-7-9-5-3-4-6-10(9)12/h3-6,13H,7-8H2,1-2H3. The van der Waals surface area contributed by atoms with Gasteiger partial charge in [0.15, 0.2) is 5.54 Å². The lowest BCUT2D eigenvalue weighted by Crippen LogP contribution is -2.54. The molecular formula is C12H15NO3. The molecule has 1 atom stereocenters. The highest BCUT2D eigenvalue weighted by Crippen LogP contribution is 2.31. The fourth-order valence-corrected chi connectivity index (χ4v) is 2.11. The summed E-state index contributed by atoms with van der Waals surface area (Å²) in [5.41, 5.74) is 1.09. The van der Waals surface area contributed by atoms with Gasteiger partial charge in [-0.05, 0) is 18.2 Å². The van der Waals surface area contributed by atoms with Crippen LogP contribution in [-0.4, -0.2) is 26.7 Å². The van der Waals surface area contributed by atoms with Gasteiger partial charge in [-0.3, -0.25) is 5.32 Å². The third-order valence-electron chi connectivity index (χ3n) is 3.01. The second-order valence-electron chi connectivity index (χ2n) is 3.80. The van der Waals surface area contributed by atoms with E-state index in [9.17, 15) is 4.79 Å². The van der Waals surface area contributed by atoms with Gasteiger partial charge in [0.05, 0.1) is 20.3 Å². The predicted molar refractivity (Wildman–Crippen MR) is 58.9 cm³/mol. The molecule has 0 spiro atoms. The molecule has 2 rings (SSSR count). The molecule has 0 bridgehead atoms. The second-order valence-corrected chi connectivity index (χ2v) is 3.80. The maximum absolute atomic E-state index is 11.9. The van der Waals surface area contributed by atoms with Crippen molar-refractivity contribution in [2.75, 3.05) is 20.8 Å². The molecule has 0 aliphatic carbocycles. The number of hydrogen-bond acceptors (Lipinski definition) is 4.